The third-order valence-corrected chi connectivity index (χ3v) is 11.7. The Morgan fingerprint density at radius 1 is 0.518 bits per heavy atom. The maximum Gasteiger partial charge on any atom is 0.136 e. The first kappa shape index (κ1) is 32.3. The monoisotopic (exact) mass is 718 g/mol. The molecule has 2 heterocycles. The molecule has 0 saturated heterocycles. The average Bonchev–Trinajstić information content (AvgIpc) is 3.78. The van der Waals surface area contributed by atoms with Gasteiger partial charge in [-0.1, -0.05) is 134 Å². The van der Waals surface area contributed by atoms with E-state index in [1.54, 1.807) is 0 Å². The molecule has 11 rings (SSSR count). The Balaban J connectivity index is 1.07. The largest absolute Gasteiger partial charge is 0.456 e. The lowest BCUT2D eigenvalue weighted by atomic mass is 9.82. The van der Waals surface area contributed by atoms with Crippen LogP contribution in [0.15, 0.2) is 186 Å². The van der Waals surface area contributed by atoms with Crippen molar-refractivity contribution in [2.24, 2.45) is 5.92 Å². The minimum Gasteiger partial charge on any atom is -0.456 e. The van der Waals surface area contributed by atoms with Crippen LogP contribution in [0.5, 0.6) is 0 Å². The Bertz CT molecular complexity index is 3150. The van der Waals surface area contributed by atoms with E-state index in [0.29, 0.717) is 5.92 Å². The van der Waals surface area contributed by atoms with Gasteiger partial charge < -0.3 is 14.3 Å². The summed E-state index contributed by atoms with van der Waals surface area (Å²) >= 11 is 0. The zero-order valence-corrected chi connectivity index (χ0v) is 31.0. The average molecular weight is 719 g/mol. The highest BCUT2D eigenvalue weighted by Gasteiger charge is 2.27. The number of anilines is 2. The summed E-state index contributed by atoms with van der Waals surface area (Å²) < 4.78 is 8.83. The maximum atomic E-state index is 6.33. The van der Waals surface area contributed by atoms with E-state index in [2.05, 4.69) is 193 Å². The molecular formula is C53H38N2O. The molecular weight excluding hydrogens is 681 g/mol. The van der Waals surface area contributed by atoms with Gasteiger partial charge in [0.1, 0.15) is 11.2 Å². The highest BCUT2D eigenvalue weighted by molar-refractivity contribution is 6.08. The summed E-state index contributed by atoms with van der Waals surface area (Å²) in [6, 6.07) is 65.4. The van der Waals surface area contributed by atoms with E-state index in [1.807, 2.05) is 12.1 Å². The highest BCUT2D eigenvalue weighted by atomic mass is 16.3. The van der Waals surface area contributed by atoms with Crippen molar-refractivity contribution in [3.05, 3.63) is 199 Å². The van der Waals surface area contributed by atoms with Gasteiger partial charge >= 0.3 is 0 Å². The predicted octanol–water partition coefficient (Wildman–Crippen LogP) is 14.5. The summed E-state index contributed by atoms with van der Waals surface area (Å²) in [7, 11) is 0. The molecule has 3 heteroatoms. The first-order chi connectivity index (χ1) is 27.7. The van der Waals surface area contributed by atoms with Gasteiger partial charge in [-0.3, -0.25) is 0 Å². The van der Waals surface area contributed by atoms with Crippen LogP contribution >= 0.6 is 0 Å². The van der Waals surface area contributed by atoms with Crippen LogP contribution in [-0.4, -0.2) is 4.57 Å². The number of fused-ring (bicyclic) bond motifs is 7. The van der Waals surface area contributed by atoms with Gasteiger partial charge in [-0.05, 0) is 112 Å². The van der Waals surface area contributed by atoms with Gasteiger partial charge in [0.15, 0.2) is 0 Å². The topological polar surface area (TPSA) is 30.1 Å². The van der Waals surface area contributed by atoms with Crippen LogP contribution in [0.2, 0.25) is 0 Å². The molecule has 2 aromatic heterocycles. The second-order valence-corrected chi connectivity index (χ2v) is 15.0. The number of allylic oxidation sites excluding steroid dienone is 1. The van der Waals surface area contributed by atoms with Gasteiger partial charge in [-0.25, -0.2) is 0 Å². The lowest BCUT2D eigenvalue weighted by molar-refractivity contribution is 0.669. The second-order valence-electron chi connectivity index (χ2n) is 15.0. The van der Waals surface area contributed by atoms with Crippen molar-refractivity contribution in [2.45, 2.75) is 13.3 Å². The maximum absolute atomic E-state index is 6.33. The first-order valence-corrected chi connectivity index (χ1v) is 19.5. The van der Waals surface area contributed by atoms with Crippen molar-refractivity contribution in [1.29, 1.82) is 0 Å². The molecule has 1 aliphatic carbocycles. The van der Waals surface area contributed by atoms with Gasteiger partial charge in [0, 0.05) is 38.5 Å². The molecule has 10 aromatic rings. The minimum absolute atomic E-state index is 0.339. The van der Waals surface area contributed by atoms with Crippen molar-refractivity contribution in [3.63, 3.8) is 0 Å². The summed E-state index contributed by atoms with van der Waals surface area (Å²) in [6.45, 7) is 2.38. The lowest BCUT2D eigenvalue weighted by Gasteiger charge is -2.25. The molecule has 8 aromatic carbocycles. The molecule has 0 radical (unpaired) electrons. The summed E-state index contributed by atoms with van der Waals surface area (Å²) in [6.07, 6.45) is 3.43. The quantitative estimate of drug-likeness (QED) is 0.186. The third kappa shape index (κ3) is 5.27. The zero-order chi connectivity index (χ0) is 37.2. The van der Waals surface area contributed by atoms with Crippen LogP contribution in [0.25, 0.3) is 83.2 Å². The highest BCUT2D eigenvalue weighted by Crippen LogP contribution is 2.45. The molecule has 1 unspecified atom stereocenters. The molecule has 1 N–H and O–H groups in total. The molecule has 1 aliphatic rings. The van der Waals surface area contributed by atoms with Gasteiger partial charge in [0.2, 0.25) is 0 Å². The molecule has 3 nitrogen and oxygen atoms in total. The third-order valence-electron chi connectivity index (χ3n) is 11.7. The molecule has 0 spiro atoms. The summed E-state index contributed by atoms with van der Waals surface area (Å²) in [5, 5.41) is 9.74. The molecule has 266 valence electrons. The Labute approximate surface area is 325 Å². The Kier molecular flexibility index (Phi) is 7.53. The number of furan rings is 1. The molecule has 0 saturated carbocycles. The summed E-state index contributed by atoms with van der Waals surface area (Å²) in [4.78, 5) is 0. The molecule has 1 atom stereocenters. The lowest BCUT2D eigenvalue weighted by Crippen LogP contribution is -2.11. The fourth-order valence-corrected chi connectivity index (χ4v) is 9.02. The van der Waals surface area contributed by atoms with Crippen LogP contribution < -0.4 is 5.32 Å². The van der Waals surface area contributed by atoms with E-state index in [0.717, 1.165) is 45.3 Å². The van der Waals surface area contributed by atoms with Crippen LogP contribution in [-0.2, 0) is 6.42 Å². The van der Waals surface area contributed by atoms with E-state index in [1.165, 1.54) is 66.4 Å². The van der Waals surface area contributed by atoms with Crippen LogP contribution in [0.4, 0.5) is 11.4 Å². The van der Waals surface area contributed by atoms with E-state index >= 15 is 0 Å². The van der Waals surface area contributed by atoms with E-state index in [4.69, 9.17) is 4.42 Å². The van der Waals surface area contributed by atoms with Gasteiger partial charge in [0.05, 0.1) is 16.9 Å². The van der Waals surface area contributed by atoms with Gasteiger partial charge in [-0.2, -0.15) is 0 Å². The molecule has 0 amide bonds. The van der Waals surface area contributed by atoms with Crippen molar-refractivity contribution in [3.8, 4) is 27.9 Å². The fourth-order valence-electron chi connectivity index (χ4n) is 9.02. The first-order valence-electron chi connectivity index (χ1n) is 19.5. The van der Waals surface area contributed by atoms with E-state index in [-0.39, 0.29) is 0 Å². The molecule has 0 fully saturated rings. The normalized spacial score (nSPS) is 14.0. The zero-order valence-electron chi connectivity index (χ0n) is 31.0. The smallest absolute Gasteiger partial charge is 0.136 e. The fraction of sp³-hybridized carbons (Fsp3) is 0.0566. The van der Waals surface area contributed by atoms with Crippen LogP contribution in [0.3, 0.4) is 0 Å². The van der Waals surface area contributed by atoms with Crippen molar-refractivity contribution in [1.82, 2.24) is 4.57 Å². The number of benzene rings is 8. The SMILES string of the molecule is CC1Cc2c(n(-c3ccc(-c4ccc5c(c4)oc4ccccc45)c4ccccc34)c3ccccc23)C=C1c1ccc(Nc2ccccc2)c(-c2ccccc2)c1. The number of para-hydroxylation sites is 3. The Morgan fingerprint density at radius 3 is 2.04 bits per heavy atom. The van der Waals surface area contributed by atoms with E-state index in [9.17, 15) is 0 Å². The van der Waals surface area contributed by atoms with Crippen molar-refractivity contribution in [2.75, 3.05) is 5.32 Å². The number of nitrogens with one attached hydrogen (secondary N) is 1. The summed E-state index contributed by atoms with van der Waals surface area (Å²) in [5.74, 6) is 0.339. The summed E-state index contributed by atoms with van der Waals surface area (Å²) in [5.41, 5.74) is 16.4. The number of hydrogen-bond donors (Lipinski definition) is 1. The molecule has 56 heavy (non-hydrogen) atoms. The second kappa shape index (κ2) is 13.0. The number of hydrogen-bond acceptors (Lipinski definition) is 2. The molecule has 0 aliphatic heterocycles. The van der Waals surface area contributed by atoms with Crippen molar-refractivity contribution < 1.29 is 4.42 Å². The van der Waals surface area contributed by atoms with Crippen molar-refractivity contribution >= 4 is 66.6 Å². The number of aromatic nitrogens is 1. The number of nitrogens with zero attached hydrogens (tertiary/aromatic N) is 1. The molecule has 0 bridgehead atoms. The van der Waals surface area contributed by atoms with Crippen LogP contribution in [0.1, 0.15) is 23.7 Å². The van der Waals surface area contributed by atoms with Crippen LogP contribution in [0, 0.1) is 5.92 Å². The standard InChI is InChI=1S/C53H38N2O/c1-34-30-47-42-20-10-12-22-49(42)55(51(47)33-45(34)36-25-28-48(54-38-16-6-3-7-17-38)46(31-36)35-14-4-2-5-15-35)50-29-27-39(40-18-8-9-19-41(40)50)37-24-26-44-43-21-11-13-23-52(43)56-53(44)32-37/h2-29,31-34,54H,30H2,1H3. The van der Waals surface area contributed by atoms with Gasteiger partial charge in [-0.15, -0.1) is 0 Å². The van der Waals surface area contributed by atoms with E-state index < -0.39 is 0 Å². The predicted molar refractivity (Wildman–Crippen MR) is 236 cm³/mol. The van der Waals surface area contributed by atoms with Gasteiger partial charge in [0.25, 0.3) is 0 Å². The minimum atomic E-state index is 0.339. The number of rotatable bonds is 6. The Hall–Kier alpha value is -7.10. The Morgan fingerprint density at radius 2 is 1.20 bits per heavy atom.